The Morgan fingerprint density at radius 1 is 0.846 bits per heavy atom. The van der Waals surface area contributed by atoms with Gasteiger partial charge in [0.2, 0.25) is 0 Å². The van der Waals surface area contributed by atoms with Crippen molar-refractivity contribution in [2.75, 3.05) is 0 Å². The Hall–Kier alpha value is -2.55. The number of hydrogen-bond donors (Lipinski definition) is 1. The monoisotopic (exact) mass is 350 g/mol. The Labute approximate surface area is 154 Å². The second kappa shape index (κ2) is 6.01. The SMILES string of the molecule is CC(C)(C)c1cc(C(C)(C)C)c2oc(=O)c(-c3ccc(O)cc3)cc2c1. The molecule has 3 aromatic rings. The molecule has 1 N–H and O–H groups in total. The van der Waals surface area contributed by atoms with Gasteiger partial charge >= 0.3 is 5.63 Å². The third-order valence-electron chi connectivity index (χ3n) is 4.68. The van der Waals surface area contributed by atoms with E-state index >= 15 is 0 Å². The molecule has 0 aliphatic rings. The molecule has 0 aliphatic carbocycles. The maximum Gasteiger partial charge on any atom is 0.344 e. The molecule has 0 saturated carbocycles. The number of rotatable bonds is 1. The summed E-state index contributed by atoms with van der Waals surface area (Å²) in [5.74, 6) is 0.170. The molecule has 1 aromatic heterocycles. The predicted molar refractivity (Wildman–Crippen MR) is 107 cm³/mol. The van der Waals surface area contributed by atoms with Crippen LogP contribution in [-0.4, -0.2) is 5.11 Å². The first-order chi connectivity index (χ1) is 12.0. The van der Waals surface area contributed by atoms with Crippen molar-refractivity contribution in [1.82, 2.24) is 0 Å². The Morgan fingerprint density at radius 3 is 2.00 bits per heavy atom. The molecule has 2 aromatic carbocycles. The summed E-state index contributed by atoms with van der Waals surface area (Å²) in [4.78, 5) is 12.7. The highest BCUT2D eigenvalue weighted by molar-refractivity contribution is 5.86. The van der Waals surface area contributed by atoms with Crippen LogP contribution in [0.15, 0.2) is 51.7 Å². The fourth-order valence-corrected chi connectivity index (χ4v) is 3.07. The lowest BCUT2D eigenvalue weighted by Crippen LogP contribution is -2.17. The average molecular weight is 350 g/mol. The lowest BCUT2D eigenvalue weighted by Gasteiger charge is -2.26. The first-order valence-electron chi connectivity index (χ1n) is 8.89. The van der Waals surface area contributed by atoms with Crippen LogP contribution in [0.3, 0.4) is 0 Å². The lowest BCUT2D eigenvalue weighted by molar-refractivity contribution is 0.475. The fraction of sp³-hybridized carbons (Fsp3) is 0.348. The molecule has 3 rings (SSSR count). The van der Waals surface area contributed by atoms with Crippen molar-refractivity contribution in [3.63, 3.8) is 0 Å². The smallest absolute Gasteiger partial charge is 0.344 e. The summed E-state index contributed by atoms with van der Waals surface area (Å²) in [6, 6.07) is 12.8. The molecule has 0 saturated heterocycles. The molecular weight excluding hydrogens is 324 g/mol. The lowest BCUT2D eigenvalue weighted by atomic mass is 9.79. The van der Waals surface area contributed by atoms with E-state index in [1.165, 1.54) is 5.56 Å². The minimum absolute atomic E-state index is 0.0109. The van der Waals surface area contributed by atoms with E-state index in [4.69, 9.17) is 4.42 Å². The van der Waals surface area contributed by atoms with Gasteiger partial charge in [0.25, 0.3) is 0 Å². The summed E-state index contributed by atoms with van der Waals surface area (Å²) >= 11 is 0. The van der Waals surface area contributed by atoms with E-state index < -0.39 is 0 Å². The van der Waals surface area contributed by atoms with E-state index in [1.807, 2.05) is 6.07 Å². The maximum atomic E-state index is 12.7. The average Bonchev–Trinajstić information content (AvgIpc) is 2.52. The molecule has 3 nitrogen and oxygen atoms in total. The van der Waals surface area contributed by atoms with E-state index in [2.05, 4.69) is 53.7 Å². The van der Waals surface area contributed by atoms with Gasteiger partial charge in [-0.25, -0.2) is 4.79 Å². The Balaban J connectivity index is 2.35. The molecule has 3 heteroatoms. The Kier molecular flexibility index (Phi) is 4.22. The van der Waals surface area contributed by atoms with Crippen molar-refractivity contribution in [2.24, 2.45) is 0 Å². The second-order valence-electron chi connectivity index (χ2n) is 8.94. The van der Waals surface area contributed by atoms with Gasteiger partial charge in [-0.15, -0.1) is 0 Å². The van der Waals surface area contributed by atoms with Crippen molar-refractivity contribution in [3.05, 3.63) is 64.0 Å². The summed E-state index contributed by atoms with van der Waals surface area (Å²) in [6.45, 7) is 12.9. The fourth-order valence-electron chi connectivity index (χ4n) is 3.07. The van der Waals surface area contributed by atoms with Gasteiger partial charge in [-0.3, -0.25) is 0 Å². The van der Waals surface area contributed by atoms with Crippen LogP contribution in [-0.2, 0) is 10.8 Å². The van der Waals surface area contributed by atoms with Gasteiger partial charge in [0.1, 0.15) is 11.3 Å². The van der Waals surface area contributed by atoms with Gasteiger partial charge in [-0.1, -0.05) is 59.7 Å². The predicted octanol–water partition coefficient (Wildman–Crippen LogP) is 5.76. The summed E-state index contributed by atoms with van der Waals surface area (Å²) in [7, 11) is 0. The molecule has 26 heavy (non-hydrogen) atoms. The molecular formula is C23H26O3. The molecule has 0 fully saturated rings. The molecule has 0 aliphatic heterocycles. The van der Waals surface area contributed by atoms with Crippen LogP contribution in [0.4, 0.5) is 0 Å². The van der Waals surface area contributed by atoms with E-state index in [0.29, 0.717) is 11.1 Å². The van der Waals surface area contributed by atoms with Gasteiger partial charge < -0.3 is 9.52 Å². The highest BCUT2D eigenvalue weighted by Crippen LogP contribution is 2.36. The van der Waals surface area contributed by atoms with Gasteiger partial charge in [-0.2, -0.15) is 0 Å². The standard InChI is InChI=1S/C23H26O3/c1-22(2,3)16-11-15-12-18(14-7-9-17(24)10-8-14)21(25)26-20(15)19(13-16)23(4,5)6/h7-13,24H,1-6H3. The van der Waals surface area contributed by atoms with Crippen LogP contribution < -0.4 is 5.63 Å². The number of fused-ring (bicyclic) bond motifs is 1. The van der Waals surface area contributed by atoms with E-state index in [0.717, 1.165) is 16.5 Å². The summed E-state index contributed by atoms with van der Waals surface area (Å²) in [5, 5.41) is 10.4. The summed E-state index contributed by atoms with van der Waals surface area (Å²) < 4.78 is 5.78. The van der Waals surface area contributed by atoms with Gasteiger partial charge in [0.05, 0.1) is 5.56 Å². The van der Waals surface area contributed by atoms with Crippen molar-refractivity contribution in [3.8, 4) is 16.9 Å². The van der Waals surface area contributed by atoms with E-state index in [-0.39, 0.29) is 22.2 Å². The number of hydrogen-bond acceptors (Lipinski definition) is 3. The van der Waals surface area contributed by atoms with Crippen molar-refractivity contribution in [2.45, 2.75) is 52.4 Å². The number of benzene rings is 2. The maximum absolute atomic E-state index is 12.7. The molecule has 0 amide bonds. The molecule has 0 spiro atoms. The molecule has 136 valence electrons. The zero-order chi connectivity index (χ0) is 19.3. The highest BCUT2D eigenvalue weighted by Gasteiger charge is 2.24. The third kappa shape index (κ3) is 3.39. The molecule has 0 bridgehead atoms. The number of aromatic hydroxyl groups is 1. The first-order valence-corrected chi connectivity index (χ1v) is 8.89. The van der Waals surface area contributed by atoms with Gasteiger partial charge in [0, 0.05) is 10.9 Å². The van der Waals surface area contributed by atoms with Crippen molar-refractivity contribution in [1.29, 1.82) is 0 Å². The van der Waals surface area contributed by atoms with Crippen LogP contribution in [0.5, 0.6) is 5.75 Å². The van der Waals surface area contributed by atoms with Gasteiger partial charge in [-0.05, 0) is 46.2 Å². The van der Waals surface area contributed by atoms with Gasteiger partial charge in [0.15, 0.2) is 0 Å². The van der Waals surface area contributed by atoms with Crippen molar-refractivity contribution < 1.29 is 9.52 Å². The molecule has 0 atom stereocenters. The Morgan fingerprint density at radius 2 is 1.46 bits per heavy atom. The topological polar surface area (TPSA) is 50.4 Å². The molecule has 0 unspecified atom stereocenters. The van der Waals surface area contributed by atoms with Crippen LogP contribution in [0.2, 0.25) is 0 Å². The minimum Gasteiger partial charge on any atom is -0.508 e. The Bertz CT molecular complexity index is 1010. The zero-order valence-electron chi connectivity index (χ0n) is 16.3. The first kappa shape index (κ1) is 18.2. The second-order valence-corrected chi connectivity index (χ2v) is 8.94. The summed E-state index contributed by atoms with van der Waals surface area (Å²) in [5.41, 5.74) is 3.61. The zero-order valence-corrected chi connectivity index (χ0v) is 16.3. The highest BCUT2D eigenvalue weighted by atomic mass is 16.4. The van der Waals surface area contributed by atoms with Crippen LogP contribution in [0.1, 0.15) is 52.7 Å². The van der Waals surface area contributed by atoms with Crippen LogP contribution in [0.25, 0.3) is 22.1 Å². The number of phenolic OH excluding ortho intramolecular Hbond substituents is 1. The largest absolute Gasteiger partial charge is 0.508 e. The van der Waals surface area contributed by atoms with Crippen LogP contribution in [0, 0.1) is 0 Å². The third-order valence-corrected chi connectivity index (χ3v) is 4.68. The molecule has 1 heterocycles. The summed E-state index contributed by atoms with van der Waals surface area (Å²) in [6.07, 6.45) is 0. The number of phenols is 1. The molecule has 0 radical (unpaired) electrons. The quantitative estimate of drug-likeness (QED) is 0.568. The minimum atomic E-state index is -0.364. The van der Waals surface area contributed by atoms with E-state index in [9.17, 15) is 9.90 Å². The van der Waals surface area contributed by atoms with E-state index in [1.54, 1.807) is 24.3 Å². The normalized spacial score (nSPS) is 12.5. The van der Waals surface area contributed by atoms with Crippen molar-refractivity contribution >= 4 is 11.0 Å². The van der Waals surface area contributed by atoms with Crippen LogP contribution >= 0.6 is 0 Å².